The average Bonchev–Trinajstić information content (AvgIpc) is 2.33. The largest absolute Gasteiger partial charge is 0.399 e. The van der Waals surface area contributed by atoms with E-state index in [2.05, 4.69) is 22.2 Å². The summed E-state index contributed by atoms with van der Waals surface area (Å²) in [6.45, 7) is 3.92. The minimum absolute atomic E-state index is 0.610. The van der Waals surface area contributed by atoms with Crippen molar-refractivity contribution in [3.05, 3.63) is 40.8 Å². The number of nitrogens with one attached hydrogen (secondary N) is 1. The van der Waals surface area contributed by atoms with Crippen molar-refractivity contribution < 1.29 is 0 Å². The number of nitrogens with zero attached hydrogens (tertiary/aromatic N) is 2. The third-order valence-corrected chi connectivity index (χ3v) is 2.84. The van der Waals surface area contributed by atoms with Crippen LogP contribution in [0.2, 0.25) is 5.02 Å². The van der Waals surface area contributed by atoms with E-state index >= 15 is 0 Å². The molecule has 0 aliphatic rings. The van der Waals surface area contributed by atoms with Crippen LogP contribution >= 0.6 is 11.6 Å². The maximum absolute atomic E-state index is 6.10. The van der Waals surface area contributed by atoms with Gasteiger partial charge >= 0.3 is 0 Å². The first-order valence-electron chi connectivity index (χ1n) is 5.75. The summed E-state index contributed by atoms with van der Waals surface area (Å²) in [6.07, 6.45) is 0.864. The van der Waals surface area contributed by atoms with Crippen LogP contribution in [-0.4, -0.2) is 9.97 Å². The van der Waals surface area contributed by atoms with Crippen molar-refractivity contribution in [2.24, 2.45) is 0 Å². The molecule has 5 heteroatoms. The van der Waals surface area contributed by atoms with Crippen molar-refractivity contribution in [1.29, 1.82) is 0 Å². The van der Waals surface area contributed by atoms with Gasteiger partial charge in [0.2, 0.25) is 0 Å². The molecular weight excluding hydrogens is 248 g/mol. The third kappa shape index (κ3) is 2.90. The van der Waals surface area contributed by atoms with E-state index in [4.69, 9.17) is 17.3 Å². The number of nitrogen functional groups attached to an aromatic ring is 1. The van der Waals surface area contributed by atoms with Gasteiger partial charge in [0.25, 0.3) is 0 Å². The lowest BCUT2D eigenvalue weighted by molar-refractivity contribution is 0.953. The lowest BCUT2D eigenvalue weighted by Gasteiger charge is -2.10. The molecule has 0 bridgehead atoms. The predicted octanol–water partition coefficient (Wildman–Crippen LogP) is 3.33. The van der Waals surface area contributed by atoms with Gasteiger partial charge in [0.15, 0.2) is 0 Å². The molecule has 4 nitrogen and oxygen atoms in total. The standard InChI is InChI=1S/C13H15ClN4/c1-3-10-7-13(17-8(2)16-10)18-12-6-9(15)4-5-11(12)14/h4-7H,3,15H2,1-2H3,(H,16,17,18). The van der Waals surface area contributed by atoms with E-state index in [1.807, 2.05) is 13.0 Å². The van der Waals surface area contributed by atoms with Gasteiger partial charge in [0.1, 0.15) is 11.6 Å². The Balaban J connectivity index is 2.33. The van der Waals surface area contributed by atoms with Gasteiger partial charge in [-0.2, -0.15) is 0 Å². The predicted molar refractivity (Wildman–Crippen MR) is 75.3 cm³/mol. The molecule has 0 unspecified atom stereocenters. The highest BCUT2D eigenvalue weighted by atomic mass is 35.5. The normalized spacial score (nSPS) is 10.4. The van der Waals surface area contributed by atoms with Crippen LogP contribution in [0.4, 0.5) is 17.2 Å². The zero-order valence-corrected chi connectivity index (χ0v) is 11.1. The maximum atomic E-state index is 6.10. The van der Waals surface area contributed by atoms with Gasteiger partial charge < -0.3 is 11.1 Å². The summed E-state index contributed by atoms with van der Waals surface area (Å²) < 4.78 is 0. The molecule has 94 valence electrons. The Bertz CT molecular complexity index is 569. The van der Waals surface area contributed by atoms with E-state index in [9.17, 15) is 0 Å². The number of rotatable bonds is 3. The fourth-order valence-electron chi connectivity index (χ4n) is 1.65. The number of halogens is 1. The Labute approximate surface area is 111 Å². The summed E-state index contributed by atoms with van der Waals surface area (Å²) in [5, 5.41) is 3.78. The van der Waals surface area contributed by atoms with Crippen LogP contribution in [0.1, 0.15) is 18.4 Å². The smallest absolute Gasteiger partial charge is 0.134 e. The van der Waals surface area contributed by atoms with Crippen molar-refractivity contribution in [2.45, 2.75) is 20.3 Å². The molecule has 0 aliphatic heterocycles. The van der Waals surface area contributed by atoms with E-state index in [0.717, 1.165) is 29.4 Å². The van der Waals surface area contributed by atoms with E-state index in [0.29, 0.717) is 10.7 Å². The number of aromatic nitrogens is 2. The van der Waals surface area contributed by atoms with Crippen LogP contribution in [0.15, 0.2) is 24.3 Å². The number of anilines is 3. The van der Waals surface area contributed by atoms with E-state index < -0.39 is 0 Å². The molecule has 2 aromatic rings. The second-order valence-electron chi connectivity index (χ2n) is 4.01. The monoisotopic (exact) mass is 262 g/mol. The Morgan fingerprint density at radius 1 is 1.28 bits per heavy atom. The molecule has 18 heavy (non-hydrogen) atoms. The second-order valence-corrected chi connectivity index (χ2v) is 4.42. The fourth-order valence-corrected chi connectivity index (χ4v) is 1.82. The van der Waals surface area contributed by atoms with Crippen LogP contribution in [-0.2, 0) is 6.42 Å². The van der Waals surface area contributed by atoms with Crippen molar-refractivity contribution in [3.63, 3.8) is 0 Å². The molecule has 3 N–H and O–H groups in total. The Morgan fingerprint density at radius 2 is 2.06 bits per heavy atom. The molecule has 0 spiro atoms. The summed E-state index contributed by atoms with van der Waals surface area (Å²) in [6, 6.07) is 7.21. The van der Waals surface area contributed by atoms with Crippen molar-refractivity contribution in [3.8, 4) is 0 Å². The van der Waals surface area contributed by atoms with E-state index in [1.54, 1.807) is 18.2 Å². The second kappa shape index (κ2) is 5.23. The summed E-state index contributed by atoms with van der Waals surface area (Å²) >= 11 is 6.10. The number of hydrogen-bond acceptors (Lipinski definition) is 4. The highest BCUT2D eigenvalue weighted by molar-refractivity contribution is 6.33. The van der Waals surface area contributed by atoms with Crippen LogP contribution in [0, 0.1) is 6.92 Å². The van der Waals surface area contributed by atoms with Crippen molar-refractivity contribution >= 4 is 28.8 Å². The molecule has 0 fully saturated rings. The highest BCUT2D eigenvalue weighted by Gasteiger charge is 2.04. The molecule has 0 amide bonds. The van der Waals surface area contributed by atoms with E-state index in [1.165, 1.54) is 0 Å². The lowest BCUT2D eigenvalue weighted by Crippen LogP contribution is -2.01. The molecule has 2 rings (SSSR count). The first-order valence-corrected chi connectivity index (χ1v) is 6.13. The molecule has 0 saturated carbocycles. The topological polar surface area (TPSA) is 63.8 Å². The van der Waals surface area contributed by atoms with Crippen molar-refractivity contribution in [2.75, 3.05) is 11.1 Å². The molecular formula is C13H15ClN4. The van der Waals surface area contributed by atoms with Gasteiger partial charge in [-0.25, -0.2) is 9.97 Å². The van der Waals surface area contributed by atoms with Crippen LogP contribution in [0.3, 0.4) is 0 Å². The molecule has 1 aromatic heterocycles. The average molecular weight is 263 g/mol. The summed E-state index contributed by atoms with van der Waals surface area (Å²) in [5.41, 5.74) is 8.13. The number of benzene rings is 1. The van der Waals surface area contributed by atoms with Crippen molar-refractivity contribution in [1.82, 2.24) is 9.97 Å². The molecule has 0 radical (unpaired) electrons. The molecule has 1 heterocycles. The maximum Gasteiger partial charge on any atom is 0.134 e. The Kier molecular flexibility index (Phi) is 3.67. The summed E-state index contributed by atoms with van der Waals surface area (Å²) in [4.78, 5) is 8.65. The van der Waals surface area contributed by atoms with Crippen LogP contribution < -0.4 is 11.1 Å². The molecule has 0 aliphatic carbocycles. The minimum Gasteiger partial charge on any atom is -0.399 e. The first-order chi connectivity index (χ1) is 8.58. The quantitative estimate of drug-likeness (QED) is 0.833. The third-order valence-electron chi connectivity index (χ3n) is 2.51. The fraction of sp³-hybridized carbons (Fsp3) is 0.231. The zero-order chi connectivity index (χ0) is 13.1. The lowest BCUT2D eigenvalue weighted by atomic mass is 10.2. The van der Waals surface area contributed by atoms with Gasteiger partial charge in [-0.1, -0.05) is 18.5 Å². The van der Waals surface area contributed by atoms with Gasteiger partial charge in [-0.3, -0.25) is 0 Å². The first kappa shape index (κ1) is 12.6. The highest BCUT2D eigenvalue weighted by Crippen LogP contribution is 2.26. The Hall–Kier alpha value is -1.81. The van der Waals surface area contributed by atoms with Crippen LogP contribution in [0.5, 0.6) is 0 Å². The molecule has 0 saturated heterocycles. The van der Waals surface area contributed by atoms with Gasteiger partial charge in [0.05, 0.1) is 10.7 Å². The molecule has 1 aromatic carbocycles. The molecule has 0 atom stereocenters. The zero-order valence-electron chi connectivity index (χ0n) is 10.4. The number of hydrogen-bond donors (Lipinski definition) is 2. The van der Waals surface area contributed by atoms with Gasteiger partial charge in [-0.15, -0.1) is 0 Å². The van der Waals surface area contributed by atoms with Gasteiger partial charge in [-0.05, 0) is 31.5 Å². The number of aryl methyl sites for hydroxylation is 2. The summed E-state index contributed by atoms with van der Waals surface area (Å²) in [5.74, 6) is 1.46. The minimum atomic E-state index is 0.610. The summed E-state index contributed by atoms with van der Waals surface area (Å²) in [7, 11) is 0. The Morgan fingerprint density at radius 3 is 2.78 bits per heavy atom. The SMILES string of the molecule is CCc1cc(Nc2cc(N)ccc2Cl)nc(C)n1. The van der Waals surface area contributed by atoms with Gasteiger partial charge in [0, 0.05) is 17.4 Å². The van der Waals surface area contributed by atoms with Crippen LogP contribution in [0.25, 0.3) is 0 Å². The van der Waals surface area contributed by atoms with E-state index in [-0.39, 0.29) is 0 Å². The number of nitrogens with two attached hydrogens (primary N) is 1.